The van der Waals surface area contributed by atoms with Gasteiger partial charge in [-0.1, -0.05) is 38.1 Å². The fourth-order valence-corrected chi connectivity index (χ4v) is 3.09. The molecule has 124 valence electrons. The molecule has 0 fully saturated rings. The molecular formula is C18H23NO3S. The number of hydrogen-bond acceptors (Lipinski definition) is 3. The third-order valence-corrected chi connectivity index (χ3v) is 5.44. The van der Waals surface area contributed by atoms with Crippen LogP contribution in [0.3, 0.4) is 0 Å². The predicted octanol–water partition coefficient (Wildman–Crippen LogP) is 3.64. The van der Waals surface area contributed by atoms with Crippen molar-refractivity contribution < 1.29 is 13.2 Å². The molecule has 2 aromatic carbocycles. The van der Waals surface area contributed by atoms with E-state index in [2.05, 4.69) is 13.8 Å². The van der Waals surface area contributed by atoms with Gasteiger partial charge in [0.1, 0.15) is 12.4 Å². The van der Waals surface area contributed by atoms with E-state index in [9.17, 15) is 8.42 Å². The Kier molecular flexibility index (Phi) is 5.44. The van der Waals surface area contributed by atoms with Gasteiger partial charge in [0.2, 0.25) is 10.0 Å². The standard InChI is InChI=1S/C18H23NO3S/c1-14(2)16-8-10-17(11-9-16)22-13-15-6-5-7-18(12-15)23(20,21)19(3)4/h5-12,14H,13H2,1-4H3. The van der Waals surface area contributed by atoms with Gasteiger partial charge in [0.25, 0.3) is 0 Å². The first-order chi connectivity index (χ1) is 10.8. The Morgan fingerprint density at radius 3 is 2.26 bits per heavy atom. The summed E-state index contributed by atoms with van der Waals surface area (Å²) in [6.45, 7) is 4.62. The number of rotatable bonds is 6. The summed E-state index contributed by atoms with van der Waals surface area (Å²) in [6, 6.07) is 14.8. The Hall–Kier alpha value is -1.85. The molecule has 0 aliphatic rings. The molecule has 0 radical (unpaired) electrons. The lowest BCUT2D eigenvalue weighted by Gasteiger charge is -2.13. The van der Waals surface area contributed by atoms with E-state index in [1.54, 1.807) is 18.2 Å². The summed E-state index contributed by atoms with van der Waals surface area (Å²) < 4.78 is 31.2. The van der Waals surface area contributed by atoms with Crippen molar-refractivity contribution in [2.24, 2.45) is 0 Å². The molecule has 0 aliphatic carbocycles. The largest absolute Gasteiger partial charge is 0.489 e. The van der Waals surface area contributed by atoms with Crippen molar-refractivity contribution in [3.63, 3.8) is 0 Å². The highest BCUT2D eigenvalue weighted by Gasteiger charge is 2.17. The molecule has 4 nitrogen and oxygen atoms in total. The van der Waals surface area contributed by atoms with Gasteiger partial charge in [0.15, 0.2) is 0 Å². The van der Waals surface area contributed by atoms with Crippen molar-refractivity contribution in [1.82, 2.24) is 4.31 Å². The van der Waals surface area contributed by atoms with Crippen molar-refractivity contribution in [3.8, 4) is 5.75 Å². The molecule has 0 atom stereocenters. The van der Waals surface area contributed by atoms with Crippen molar-refractivity contribution in [2.75, 3.05) is 14.1 Å². The van der Waals surface area contributed by atoms with Gasteiger partial charge in [-0.25, -0.2) is 12.7 Å². The van der Waals surface area contributed by atoms with E-state index in [-0.39, 0.29) is 4.90 Å². The SMILES string of the molecule is CC(C)c1ccc(OCc2cccc(S(=O)(=O)N(C)C)c2)cc1. The highest BCUT2D eigenvalue weighted by molar-refractivity contribution is 7.89. The van der Waals surface area contributed by atoms with Gasteiger partial charge in [-0.15, -0.1) is 0 Å². The van der Waals surface area contributed by atoms with Crippen molar-refractivity contribution in [2.45, 2.75) is 31.3 Å². The Morgan fingerprint density at radius 2 is 1.70 bits per heavy atom. The zero-order chi connectivity index (χ0) is 17.0. The zero-order valence-corrected chi connectivity index (χ0v) is 14.8. The highest BCUT2D eigenvalue weighted by atomic mass is 32.2. The molecule has 2 aromatic rings. The lowest BCUT2D eigenvalue weighted by molar-refractivity contribution is 0.306. The van der Waals surface area contributed by atoms with Crippen LogP contribution in [0.2, 0.25) is 0 Å². The van der Waals surface area contributed by atoms with Crippen LogP contribution in [0, 0.1) is 0 Å². The van der Waals surface area contributed by atoms with Gasteiger partial charge in [-0.05, 0) is 41.3 Å². The minimum Gasteiger partial charge on any atom is -0.489 e. The van der Waals surface area contributed by atoms with E-state index in [1.807, 2.05) is 30.3 Å². The quantitative estimate of drug-likeness (QED) is 0.811. The lowest BCUT2D eigenvalue weighted by atomic mass is 10.0. The van der Waals surface area contributed by atoms with Crippen LogP contribution in [0.1, 0.15) is 30.9 Å². The van der Waals surface area contributed by atoms with Crippen LogP contribution in [0.25, 0.3) is 0 Å². The summed E-state index contributed by atoms with van der Waals surface area (Å²) >= 11 is 0. The molecule has 2 rings (SSSR count). The third kappa shape index (κ3) is 4.33. The molecule has 23 heavy (non-hydrogen) atoms. The maximum atomic E-state index is 12.1. The predicted molar refractivity (Wildman–Crippen MR) is 92.2 cm³/mol. The fraction of sp³-hybridized carbons (Fsp3) is 0.333. The van der Waals surface area contributed by atoms with Crippen LogP contribution in [0.5, 0.6) is 5.75 Å². The summed E-state index contributed by atoms with van der Waals surface area (Å²) in [6.07, 6.45) is 0. The van der Waals surface area contributed by atoms with Crippen LogP contribution >= 0.6 is 0 Å². The summed E-state index contributed by atoms with van der Waals surface area (Å²) in [7, 11) is -0.375. The molecular weight excluding hydrogens is 310 g/mol. The molecule has 0 aromatic heterocycles. The molecule has 0 heterocycles. The van der Waals surface area contributed by atoms with E-state index in [0.29, 0.717) is 12.5 Å². The van der Waals surface area contributed by atoms with Gasteiger partial charge in [-0.2, -0.15) is 0 Å². The van der Waals surface area contributed by atoms with Crippen LogP contribution in [0.4, 0.5) is 0 Å². The average molecular weight is 333 g/mol. The monoisotopic (exact) mass is 333 g/mol. The van der Waals surface area contributed by atoms with Crippen LogP contribution in [0.15, 0.2) is 53.4 Å². The molecule has 0 bridgehead atoms. The van der Waals surface area contributed by atoms with Crippen molar-refractivity contribution >= 4 is 10.0 Å². The molecule has 0 amide bonds. The van der Waals surface area contributed by atoms with Gasteiger partial charge >= 0.3 is 0 Å². The first-order valence-electron chi connectivity index (χ1n) is 7.55. The Balaban J connectivity index is 2.09. The molecule has 0 spiro atoms. The van der Waals surface area contributed by atoms with Crippen LogP contribution in [-0.2, 0) is 16.6 Å². The van der Waals surface area contributed by atoms with Gasteiger partial charge in [0, 0.05) is 14.1 Å². The van der Waals surface area contributed by atoms with Crippen LogP contribution in [-0.4, -0.2) is 26.8 Å². The Morgan fingerprint density at radius 1 is 1.04 bits per heavy atom. The number of benzene rings is 2. The smallest absolute Gasteiger partial charge is 0.242 e. The number of ether oxygens (including phenoxy) is 1. The van der Waals surface area contributed by atoms with E-state index >= 15 is 0 Å². The first-order valence-corrected chi connectivity index (χ1v) is 8.99. The fourth-order valence-electron chi connectivity index (χ4n) is 2.12. The minimum absolute atomic E-state index is 0.277. The lowest BCUT2D eigenvalue weighted by Crippen LogP contribution is -2.22. The number of sulfonamides is 1. The van der Waals surface area contributed by atoms with Crippen molar-refractivity contribution in [3.05, 3.63) is 59.7 Å². The van der Waals surface area contributed by atoms with Crippen molar-refractivity contribution in [1.29, 1.82) is 0 Å². The van der Waals surface area contributed by atoms with E-state index in [1.165, 1.54) is 24.0 Å². The topological polar surface area (TPSA) is 46.6 Å². The third-order valence-electron chi connectivity index (χ3n) is 3.63. The maximum absolute atomic E-state index is 12.1. The van der Waals surface area contributed by atoms with Gasteiger partial charge in [0.05, 0.1) is 4.90 Å². The van der Waals surface area contributed by atoms with Gasteiger partial charge in [-0.3, -0.25) is 0 Å². The first kappa shape index (κ1) is 17.5. The molecule has 0 saturated heterocycles. The highest BCUT2D eigenvalue weighted by Crippen LogP contribution is 2.20. The number of nitrogens with zero attached hydrogens (tertiary/aromatic N) is 1. The van der Waals surface area contributed by atoms with Crippen LogP contribution < -0.4 is 4.74 Å². The second kappa shape index (κ2) is 7.15. The minimum atomic E-state index is -3.42. The van der Waals surface area contributed by atoms with E-state index < -0.39 is 10.0 Å². The summed E-state index contributed by atoms with van der Waals surface area (Å²) in [5, 5.41) is 0. The maximum Gasteiger partial charge on any atom is 0.242 e. The molecule has 0 N–H and O–H groups in total. The average Bonchev–Trinajstić information content (AvgIpc) is 2.53. The molecule has 0 aliphatic heterocycles. The zero-order valence-electron chi connectivity index (χ0n) is 14.0. The summed E-state index contributed by atoms with van der Waals surface area (Å²) in [4.78, 5) is 0.277. The normalized spacial score (nSPS) is 11.9. The van der Waals surface area contributed by atoms with Gasteiger partial charge < -0.3 is 4.74 Å². The number of hydrogen-bond donors (Lipinski definition) is 0. The second-order valence-corrected chi connectivity index (χ2v) is 8.10. The Bertz CT molecular complexity index is 750. The summed E-state index contributed by atoms with van der Waals surface area (Å²) in [5.74, 6) is 1.26. The Labute approximate surface area is 138 Å². The van der Waals surface area contributed by atoms with E-state index in [4.69, 9.17) is 4.74 Å². The molecule has 0 unspecified atom stereocenters. The second-order valence-electron chi connectivity index (χ2n) is 5.95. The molecule has 0 saturated carbocycles. The molecule has 5 heteroatoms. The summed E-state index contributed by atoms with van der Waals surface area (Å²) in [5.41, 5.74) is 2.08. The van der Waals surface area contributed by atoms with E-state index in [0.717, 1.165) is 11.3 Å².